The predicted molar refractivity (Wildman–Crippen MR) is 76.4 cm³/mol. The standard InChI is InChI=1S/C12H13BrN2O3S/c1-8-2-3-9(13)4-12(8)15-19(17,18)11-5-10(7-16)14-6-11/h2-6,14-16H,7H2,1H3. The van der Waals surface area contributed by atoms with E-state index < -0.39 is 10.0 Å². The lowest BCUT2D eigenvalue weighted by atomic mass is 10.2. The Morgan fingerprint density at radius 3 is 2.74 bits per heavy atom. The van der Waals surface area contributed by atoms with Crippen LogP contribution in [0.25, 0.3) is 0 Å². The zero-order chi connectivity index (χ0) is 14.0. The number of aromatic amines is 1. The van der Waals surface area contributed by atoms with Gasteiger partial charge in [-0.05, 0) is 30.7 Å². The number of rotatable bonds is 4. The van der Waals surface area contributed by atoms with Crippen LogP contribution in [0.2, 0.25) is 0 Å². The lowest BCUT2D eigenvalue weighted by Gasteiger charge is -2.09. The Balaban J connectivity index is 2.33. The van der Waals surface area contributed by atoms with Crippen LogP contribution in [0.4, 0.5) is 5.69 Å². The van der Waals surface area contributed by atoms with Crippen molar-refractivity contribution in [1.29, 1.82) is 0 Å². The van der Waals surface area contributed by atoms with Crippen LogP contribution in [-0.4, -0.2) is 18.5 Å². The number of aliphatic hydroxyl groups excluding tert-OH is 1. The van der Waals surface area contributed by atoms with E-state index in [-0.39, 0.29) is 11.5 Å². The van der Waals surface area contributed by atoms with Crippen molar-refractivity contribution in [3.63, 3.8) is 0 Å². The summed E-state index contributed by atoms with van der Waals surface area (Å²) in [5, 5.41) is 8.93. The maximum atomic E-state index is 12.2. The SMILES string of the molecule is Cc1ccc(Br)cc1NS(=O)(=O)c1c[nH]c(CO)c1. The third-order valence-corrected chi connectivity index (χ3v) is 4.48. The van der Waals surface area contributed by atoms with E-state index in [1.165, 1.54) is 12.3 Å². The highest BCUT2D eigenvalue weighted by atomic mass is 79.9. The summed E-state index contributed by atoms with van der Waals surface area (Å²) in [5.74, 6) is 0. The summed E-state index contributed by atoms with van der Waals surface area (Å²) in [4.78, 5) is 2.79. The molecular formula is C12H13BrN2O3S. The van der Waals surface area contributed by atoms with Gasteiger partial charge in [0.15, 0.2) is 0 Å². The monoisotopic (exact) mass is 344 g/mol. The first-order valence-corrected chi connectivity index (χ1v) is 7.77. The number of sulfonamides is 1. The number of anilines is 1. The minimum atomic E-state index is -3.66. The van der Waals surface area contributed by atoms with Crippen molar-refractivity contribution in [2.24, 2.45) is 0 Å². The van der Waals surface area contributed by atoms with Crippen molar-refractivity contribution < 1.29 is 13.5 Å². The van der Waals surface area contributed by atoms with Crippen LogP contribution < -0.4 is 4.72 Å². The molecule has 0 aliphatic carbocycles. The van der Waals surface area contributed by atoms with Crippen molar-refractivity contribution >= 4 is 31.6 Å². The number of hydrogen-bond acceptors (Lipinski definition) is 3. The molecule has 0 aliphatic heterocycles. The van der Waals surface area contributed by atoms with Gasteiger partial charge in [-0.1, -0.05) is 22.0 Å². The van der Waals surface area contributed by atoms with Crippen LogP contribution in [0.3, 0.4) is 0 Å². The van der Waals surface area contributed by atoms with Crippen molar-refractivity contribution in [1.82, 2.24) is 4.98 Å². The molecule has 0 spiro atoms. The topological polar surface area (TPSA) is 82.2 Å². The summed E-state index contributed by atoms with van der Waals surface area (Å²) in [7, 11) is -3.66. The molecule has 0 amide bonds. The zero-order valence-electron chi connectivity index (χ0n) is 10.1. The number of aliphatic hydroxyl groups is 1. The molecule has 0 radical (unpaired) electrons. The summed E-state index contributed by atoms with van der Waals surface area (Å²) >= 11 is 3.30. The first-order valence-electron chi connectivity index (χ1n) is 5.49. The van der Waals surface area contributed by atoms with Crippen LogP contribution in [-0.2, 0) is 16.6 Å². The lowest BCUT2D eigenvalue weighted by molar-refractivity contribution is 0.277. The van der Waals surface area contributed by atoms with E-state index in [1.54, 1.807) is 6.07 Å². The second-order valence-electron chi connectivity index (χ2n) is 4.08. The molecule has 3 N–H and O–H groups in total. The number of aryl methyl sites for hydroxylation is 1. The Hall–Kier alpha value is -1.31. The third-order valence-electron chi connectivity index (χ3n) is 2.64. The molecule has 19 heavy (non-hydrogen) atoms. The number of benzene rings is 1. The van der Waals surface area contributed by atoms with Crippen LogP contribution in [0.1, 0.15) is 11.3 Å². The Bertz CT molecular complexity index is 695. The Morgan fingerprint density at radius 1 is 1.37 bits per heavy atom. The molecule has 7 heteroatoms. The minimum absolute atomic E-state index is 0.0934. The minimum Gasteiger partial charge on any atom is -0.390 e. The van der Waals surface area contributed by atoms with Gasteiger partial charge in [0.25, 0.3) is 10.0 Å². The van der Waals surface area contributed by atoms with Crippen molar-refractivity contribution in [3.05, 3.63) is 46.2 Å². The van der Waals surface area contributed by atoms with Gasteiger partial charge in [-0.15, -0.1) is 0 Å². The van der Waals surface area contributed by atoms with Crippen LogP contribution in [0, 0.1) is 6.92 Å². The lowest BCUT2D eigenvalue weighted by Crippen LogP contribution is -2.13. The quantitative estimate of drug-likeness (QED) is 0.796. The molecule has 5 nitrogen and oxygen atoms in total. The smallest absolute Gasteiger partial charge is 0.263 e. The normalized spacial score (nSPS) is 11.5. The molecule has 1 aromatic heterocycles. The second kappa shape index (κ2) is 5.36. The van der Waals surface area contributed by atoms with Crippen LogP contribution in [0.5, 0.6) is 0 Å². The van der Waals surface area contributed by atoms with Gasteiger partial charge in [0.2, 0.25) is 0 Å². The van der Waals surface area contributed by atoms with Crippen molar-refractivity contribution in [2.75, 3.05) is 4.72 Å². The summed E-state index contributed by atoms with van der Waals surface area (Å²) in [6, 6.07) is 6.76. The molecule has 0 aliphatic rings. The fourth-order valence-corrected chi connectivity index (χ4v) is 3.07. The van der Waals surface area contributed by atoms with Gasteiger partial charge in [-0.2, -0.15) is 0 Å². The number of nitrogens with one attached hydrogen (secondary N) is 2. The molecule has 102 valence electrons. The van der Waals surface area contributed by atoms with Gasteiger partial charge < -0.3 is 10.1 Å². The van der Waals surface area contributed by atoms with E-state index in [1.807, 2.05) is 19.1 Å². The predicted octanol–water partition coefficient (Wildman–Crippen LogP) is 2.38. The fraction of sp³-hybridized carbons (Fsp3) is 0.167. The third kappa shape index (κ3) is 3.17. The molecule has 2 rings (SSSR count). The molecule has 1 aromatic carbocycles. The van der Waals surface area contributed by atoms with Gasteiger partial charge in [0.05, 0.1) is 12.3 Å². The van der Waals surface area contributed by atoms with Gasteiger partial charge in [0.1, 0.15) is 4.90 Å². The first-order chi connectivity index (χ1) is 8.92. The first kappa shape index (κ1) is 14.1. The number of H-pyrrole nitrogens is 1. The van der Waals surface area contributed by atoms with E-state index in [9.17, 15) is 8.42 Å². The van der Waals surface area contributed by atoms with E-state index in [4.69, 9.17) is 5.11 Å². The zero-order valence-corrected chi connectivity index (χ0v) is 12.5. The number of hydrogen-bond donors (Lipinski definition) is 3. The summed E-state index contributed by atoms with van der Waals surface area (Å²) in [6.45, 7) is 1.59. The maximum absolute atomic E-state index is 12.2. The van der Waals surface area contributed by atoms with E-state index in [0.717, 1.165) is 10.0 Å². The fourth-order valence-electron chi connectivity index (χ4n) is 1.57. The summed E-state index contributed by atoms with van der Waals surface area (Å²) in [5.41, 5.74) is 1.79. The van der Waals surface area contributed by atoms with Crippen LogP contribution in [0.15, 0.2) is 39.8 Å². The highest BCUT2D eigenvalue weighted by Gasteiger charge is 2.17. The number of halogens is 1. The summed E-state index contributed by atoms with van der Waals surface area (Å²) in [6.07, 6.45) is 1.35. The molecule has 2 aromatic rings. The van der Waals surface area contributed by atoms with E-state index in [0.29, 0.717) is 11.4 Å². The van der Waals surface area contributed by atoms with E-state index >= 15 is 0 Å². The Kier molecular flexibility index (Phi) is 3.98. The molecule has 0 saturated carbocycles. The molecule has 0 saturated heterocycles. The van der Waals surface area contributed by atoms with Crippen molar-refractivity contribution in [2.45, 2.75) is 18.4 Å². The Labute approximate surface area is 119 Å². The largest absolute Gasteiger partial charge is 0.390 e. The average molecular weight is 345 g/mol. The second-order valence-corrected chi connectivity index (χ2v) is 6.68. The van der Waals surface area contributed by atoms with Gasteiger partial charge in [-0.25, -0.2) is 8.42 Å². The average Bonchev–Trinajstić information content (AvgIpc) is 2.83. The Morgan fingerprint density at radius 2 is 2.11 bits per heavy atom. The van der Waals surface area contributed by atoms with Gasteiger partial charge in [0, 0.05) is 16.4 Å². The molecule has 1 heterocycles. The van der Waals surface area contributed by atoms with E-state index in [2.05, 4.69) is 25.6 Å². The van der Waals surface area contributed by atoms with Crippen LogP contribution >= 0.6 is 15.9 Å². The molecule has 0 bridgehead atoms. The number of aromatic nitrogens is 1. The van der Waals surface area contributed by atoms with Gasteiger partial charge in [-0.3, -0.25) is 4.72 Å². The highest BCUT2D eigenvalue weighted by Crippen LogP contribution is 2.23. The van der Waals surface area contributed by atoms with Crippen molar-refractivity contribution in [3.8, 4) is 0 Å². The summed E-state index contributed by atoms with van der Waals surface area (Å²) < 4.78 is 27.6. The molecule has 0 atom stereocenters. The molecule has 0 unspecified atom stereocenters. The maximum Gasteiger partial charge on any atom is 0.263 e. The van der Waals surface area contributed by atoms with Gasteiger partial charge >= 0.3 is 0 Å². The molecule has 0 fully saturated rings. The highest BCUT2D eigenvalue weighted by molar-refractivity contribution is 9.10. The molecular weight excluding hydrogens is 332 g/mol.